The Morgan fingerprint density at radius 2 is 1.12 bits per heavy atom. The molecular formula is C20H15Cl2OP. The highest BCUT2D eigenvalue weighted by molar-refractivity contribution is 7.81. The SMILES string of the molecule is O=P(/C=C\c1ccccc1)(c1ccc(Cl)cc1)c1ccc(Cl)cc1. The van der Waals surface area contributed by atoms with Crippen LogP contribution in [0.1, 0.15) is 5.56 Å². The maximum absolute atomic E-state index is 13.8. The molecule has 0 saturated carbocycles. The van der Waals surface area contributed by atoms with Crippen molar-refractivity contribution in [3.05, 3.63) is 100 Å². The van der Waals surface area contributed by atoms with Crippen molar-refractivity contribution in [3.8, 4) is 0 Å². The fraction of sp³-hybridized carbons (Fsp3) is 0. The van der Waals surface area contributed by atoms with Crippen LogP contribution >= 0.6 is 30.3 Å². The molecule has 4 heteroatoms. The van der Waals surface area contributed by atoms with Gasteiger partial charge in [0.05, 0.1) is 0 Å². The van der Waals surface area contributed by atoms with Gasteiger partial charge in [-0.15, -0.1) is 0 Å². The number of hydrogen-bond acceptors (Lipinski definition) is 1. The van der Waals surface area contributed by atoms with Crippen LogP contribution in [0.2, 0.25) is 10.0 Å². The first kappa shape index (κ1) is 17.0. The molecule has 0 radical (unpaired) electrons. The summed E-state index contributed by atoms with van der Waals surface area (Å²) in [5.41, 5.74) is 1.00. The maximum Gasteiger partial charge on any atom is 0.164 e. The minimum atomic E-state index is -2.93. The average Bonchev–Trinajstić information content (AvgIpc) is 2.62. The molecule has 0 aliphatic heterocycles. The summed E-state index contributed by atoms with van der Waals surface area (Å²) in [6.07, 6.45) is 1.89. The summed E-state index contributed by atoms with van der Waals surface area (Å²) in [5.74, 6) is 1.79. The Kier molecular flexibility index (Phi) is 5.26. The summed E-state index contributed by atoms with van der Waals surface area (Å²) < 4.78 is 13.8. The molecule has 0 spiro atoms. The van der Waals surface area contributed by atoms with Gasteiger partial charge in [0, 0.05) is 20.7 Å². The van der Waals surface area contributed by atoms with Crippen LogP contribution in [0.25, 0.3) is 6.08 Å². The number of benzene rings is 3. The zero-order valence-corrected chi connectivity index (χ0v) is 15.2. The van der Waals surface area contributed by atoms with Gasteiger partial charge in [-0.25, -0.2) is 0 Å². The van der Waals surface area contributed by atoms with Crippen LogP contribution in [0.3, 0.4) is 0 Å². The smallest absolute Gasteiger partial charge is 0.164 e. The number of rotatable bonds is 4. The Hall–Kier alpha value is -1.79. The fourth-order valence-corrected chi connectivity index (χ4v) is 4.86. The Bertz CT molecular complexity index is 836. The van der Waals surface area contributed by atoms with Crippen LogP contribution < -0.4 is 10.6 Å². The van der Waals surface area contributed by atoms with E-state index in [1.165, 1.54) is 0 Å². The second kappa shape index (κ2) is 7.40. The average molecular weight is 373 g/mol. The molecule has 0 N–H and O–H groups in total. The first-order chi connectivity index (χ1) is 11.6. The van der Waals surface area contributed by atoms with E-state index in [-0.39, 0.29) is 0 Å². The van der Waals surface area contributed by atoms with Gasteiger partial charge in [-0.2, -0.15) is 0 Å². The Morgan fingerprint density at radius 1 is 0.667 bits per heavy atom. The molecule has 0 fully saturated rings. The van der Waals surface area contributed by atoms with E-state index in [1.54, 1.807) is 30.1 Å². The van der Waals surface area contributed by atoms with Crippen LogP contribution in [-0.2, 0) is 4.57 Å². The molecule has 0 unspecified atom stereocenters. The Balaban J connectivity index is 2.10. The Morgan fingerprint density at radius 3 is 1.58 bits per heavy atom. The van der Waals surface area contributed by atoms with Crippen molar-refractivity contribution in [1.82, 2.24) is 0 Å². The minimum Gasteiger partial charge on any atom is -0.309 e. The van der Waals surface area contributed by atoms with Crippen LogP contribution in [0, 0.1) is 0 Å². The molecule has 0 aliphatic rings. The molecule has 0 heterocycles. The van der Waals surface area contributed by atoms with Crippen molar-refractivity contribution >= 4 is 47.0 Å². The molecule has 0 aliphatic carbocycles. The molecule has 0 atom stereocenters. The number of halogens is 2. The third kappa shape index (κ3) is 3.82. The first-order valence-electron chi connectivity index (χ1n) is 7.44. The van der Waals surface area contributed by atoms with E-state index in [1.807, 2.05) is 60.7 Å². The summed E-state index contributed by atoms with van der Waals surface area (Å²) in [6.45, 7) is 0. The van der Waals surface area contributed by atoms with E-state index in [0.29, 0.717) is 10.0 Å². The standard InChI is InChI=1S/C20H15Cl2OP/c21-17-6-10-19(11-7-17)24(23,20-12-8-18(22)9-13-20)15-14-16-4-2-1-3-5-16/h1-15H/b15-14-. The molecule has 0 saturated heterocycles. The summed E-state index contributed by atoms with van der Waals surface area (Å²) >= 11 is 12.0. The van der Waals surface area contributed by atoms with Gasteiger partial charge in [0.25, 0.3) is 0 Å². The zero-order valence-electron chi connectivity index (χ0n) is 12.8. The molecule has 0 bridgehead atoms. The van der Waals surface area contributed by atoms with E-state index >= 15 is 0 Å². The van der Waals surface area contributed by atoms with E-state index < -0.39 is 7.14 Å². The minimum absolute atomic E-state index is 0.619. The predicted molar refractivity (Wildman–Crippen MR) is 105 cm³/mol. The van der Waals surface area contributed by atoms with Crippen molar-refractivity contribution < 1.29 is 4.57 Å². The molecule has 3 aromatic rings. The monoisotopic (exact) mass is 372 g/mol. The first-order valence-corrected chi connectivity index (χ1v) is 9.97. The van der Waals surface area contributed by atoms with Crippen molar-refractivity contribution in [2.45, 2.75) is 0 Å². The van der Waals surface area contributed by atoms with Crippen LogP contribution in [0.5, 0.6) is 0 Å². The van der Waals surface area contributed by atoms with Gasteiger partial charge in [-0.1, -0.05) is 59.6 Å². The lowest BCUT2D eigenvalue weighted by molar-refractivity contribution is 0.592. The molecule has 24 heavy (non-hydrogen) atoms. The van der Waals surface area contributed by atoms with E-state index in [4.69, 9.17) is 23.2 Å². The van der Waals surface area contributed by atoms with Gasteiger partial charge in [0.15, 0.2) is 7.14 Å². The summed E-state index contributed by atoms with van der Waals surface area (Å²) in [5, 5.41) is 2.71. The van der Waals surface area contributed by atoms with Crippen molar-refractivity contribution in [2.75, 3.05) is 0 Å². The van der Waals surface area contributed by atoms with Gasteiger partial charge in [-0.05, 0) is 59.9 Å². The lowest BCUT2D eigenvalue weighted by Crippen LogP contribution is -2.14. The van der Waals surface area contributed by atoms with E-state index in [2.05, 4.69) is 0 Å². The van der Waals surface area contributed by atoms with E-state index in [9.17, 15) is 4.57 Å². The maximum atomic E-state index is 13.8. The predicted octanol–water partition coefficient (Wildman–Crippen LogP) is 5.98. The highest BCUT2D eigenvalue weighted by atomic mass is 35.5. The van der Waals surface area contributed by atoms with Gasteiger partial charge < -0.3 is 4.57 Å². The summed E-state index contributed by atoms with van der Waals surface area (Å²) in [7, 11) is -2.93. The highest BCUT2D eigenvalue weighted by Gasteiger charge is 2.24. The van der Waals surface area contributed by atoms with Crippen LogP contribution in [0.4, 0.5) is 0 Å². The highest BCUT2D eigenvalue weighted by Crippen LogP contribution is 2.45. The van der Waals surface area contributed by atoms with Gasteiger partial charge in [0.1, 0.15) is 0 Å². The summed E-state index contributed by atoms with van der Waals surface area (Å²) in [4.78, 5) is 0. The second-order valence-electron chi connectivity index (χ2n) is 5.34. The normalized spacial score (nSPS) is 11.8. The van der Waals surface area contributed by atoms with Crippen molar-refractivity contribution in [3.63, 3.8) is 0 Å². The lowest BCUT2D eigenvalue weighted by atomic mass is 10.2. The fourth-order valence-electron chi connectivity index (χ4n) is 2.40. The van der Waals surface area contributed by atoms with E-state index in [0.717, 1.165) is 16.2 Å². The third-order valence-electron chi connectivity index (χ3n) is 3.70. The Labute approximate surface area is 151 Å². The topological polar surface area (TPSA) is 17.1 Å². The molecule has 120 valence electrons. The lowest BCUT2D eigenvalue weighted by Gasteiger charge is -2.16. The van der Waals surface area contributed by atoms with Crippen LogP contribution in [-0.4, -0.2) is 0 Å². The summed E-state index contributed by atoms with van der Waals surface area (Å²) in [6, 6.07) is 24.1. The zero-order chi connectivity index (χ0) is 17.0. The molecule has 0 amide bonds. The quantitative estimate of drug-likeness (QED) is 0.515. The van der Waals surface area contributed by atoms with Crippen LogP contribution in [0.15, 0.2) is 84.7 Å². The molecule has 1 nitrogen and oxygen atoms in total. The largest absolute Gasteiger partial charge is 0.309 e. The van der Waals surface area contributed by atoms with Crippen molar-refractivity contribution in [1.29, 1.82) is 0 Å². The second-order valence-corrected chi connectivity index (χ2v) is 8.86. The van der Waals surface area contributed by atoms with Gasteiger partial charge >= 0.3 is 0 Å². The molecule has 3 aromatic carbocycles. The van der Waals surface area contributed by atoms with Gasteiger partial charge in [-0.3, -0.25) is 0 Å². The third-order valence-corrected chi connectivity index (χ3v) is 6.90. The molecular weight excluding hydrogens is 358 g/mol. The van der Waals surface area contributed by atoms with Crippen molar-refractivity contribution in [2.24, 2.45) is 0 Å². The number of hydrogen-bond donors (Lipinski definition) is 0. The van der Waals surface area contributed by atoms with Gasteiger partial charge in [0.2, 0.25) is 0 Å². The molecule has 3 rings (SSSR count). The molecule has 0 aromatic heterocycles.